The van der Waals surface area contributed by atoms with E-state index in [4.69, 9.17) is 4.74 Å². The van der Waals surface area contributed by atoms with Crippen LogP contribution in [0.5, 0.6) is 5.88 Å². The van der Waals surface area contributed by atoms with Crippen LogP contribution in [0.15, 0.2) is 41.7 Å². The zero-order valence-corrected chi connectivity index (χ0v) is 15.8. The largest absolute Gasteiger partial charge is 0.471 e. The van der Waals surface area contributed by atoms with E-state index in [1.807, 2.05) is 51.4 Å². The van der Waals surface area contributed by atoms with Crippen LogP contribution in [0.3, 0.4) is 0 Å². The van der Waals surface area contributed by atoms with Gasteiger partial charge < -0.3 is 19.3 Å². The molecule has 8 nitrogen and oxygen atoms in total. The van der Waals surface area contributed by atoms with Crippen LogP contribution < -0.4 is 4.74 Å². The number of ether oxygens (including phenoxy) is 1. The van der Waals surface area contributed by atoms with Gasteiger partial charge in [0.15, 0.2) is 11.2 Å². The lowest BCUT2D eigenvalue weighted by Crippen LogP contribution is -2.14. The second-order valence-corrected chi connectivity index (χ2v) is 6.44. The topological polar surface area (TPSA) is 88.7 Å². The van der Waals surface area contributed by atoms with Crippen LogP contribution >= 0.6 is 0 Å². The Morgan fingerprint density at radius 1 is 1.26 bits per heavy atom. The van der Waals surface area contributed by atoms with Crippen molar-refractivity contribution in [2.75, 3.05) is 14.1 Å². The van der Waals surface area contributed by atoms with Gasteiger partial charge in [0.2, 0.25) is 5.88 Å². The minimum Gasteiger partial charge on any atom is -0.471 e. The summed E-state index contributed by atoms with van der Waals surface area (Å²) < 4.78 is 7.72. The minimum atomic E-state index is -0.472. The van der Waals surface area contributed by atoms with Crippen LogP contribution in [0.4, 0.5) is 5.95 Å². The average molecular weight is 368 g/mol. The van der Waals surface area contributed by atoms with Crippen LogP contribution in [-0.2, 0) is 13.2 Å². The van der Waals surface area contributed by atoms with E-state index in [-0.39, 0.29) is 5.95 Å². The molecule has 1 atom stereocenters. The fourth-order valence-corrected chi connectivity index (χ4v) is 2.45. The molecule has 0 aliphatic heterocycles. The zero-order chi connectivity index (χ0) is 19.2. The Kier molecular flexibility index (Phi) is 5.97. The van der Waals surface area contributed by atoms with E-state index < -0.39 is 6.10 Å². The predicted molar refractivity (Wildman–Crippen MR) is 104 cm³/mol. The molecule has 142 valence electrons. The van der Waals surface area contributed by atoms with Crippen molar-refractivity contribution in [2.45, 2.75) is 32.6 Å². The highest BCUT2D eigenvalue weighted by molar-refractivity contribution is 5.78. The summed E-state index contributed by atoms with van der Waals surface area (Å²) in [5, 5.41) is 10.00. The third-order valence-corrected chi connectivity index (χ3v) is 3.92. The molecule has 0 unspecified atom stereocenters. The van der Waals surface area contributed by atoms with Crippen molar-refractivity contribution >= 4 is 23.5 Å². The fourth-order valence-electron chi connectivity index (χ4n) is 2.45. The van der Waals surface area contributed by atoms with Crippen LogP contribution in [0.2, 0.25) is 0 Å². The van der Waals surface area contributed by atoms with Gasteiger partial charge in [0, 0.05) is 14.1 Å². The van der Waals surface area contributed by atoms with Gasteiger partial charge in [-0.05, 0) is 12.0 Å². The first kappa shape index (κ1) is 18.8. The summed E-state index contributed by atoms with van der Waals surface area (Å²) in [5.41, 5.74) is 2.17. The quantitative estimate of drug-likeness (QED) is 0.485. The van der Waals surface area contributed by atoms with Gasteiger partial charge in [0.05, 0.1) is 25.3 Å². The lowest BCUT2D eigenvalue weighted by atomic mass is 10.2. The predicted octanol–water partition coefficient (Wildman–Crippen LogP) is 2.40. The standard InChI is InChI=1S/C19H24N6O2/c1-4-15(26)10-25-13-20-16-17(25)22-19(21-12-24(2)3)23-18(16)27-11-14-8-6-5-7-9-14/h5-9,12-13,15,26H,4,10-11H2,1-3H3/t15-/m1/s1. The molecule has 2 heterocycles. The highest BCUT2D eigenvalue weighted by Gasteiger charge is 2.16. The molecule has 2 aromatic heterocycles. The highest BCUT2D eigenvalue weighted by Crippen LogP contribution is 2.25. The maximum Gasteiger partial charge on any atom is 0.256 e. The highest BCUT2D eigenvalue weighted by atomic mass is 16.5. The summed E-state index contributed by atoms with van der Waals surface area (Å²) in [4.78, 5) is 19.4. The van der Waals surface area contributed by atoms with Gasteiger partial charge >= 0.3 is 0 Å². The van der Waals surface area contributed by atoms with Gasteiger partial charge in [-0.25, -0.2) is 9.98 Å². The van der Waals surface area contributed by atoms with Crippen molar-refractivity contribution in [2.24, 2.45) is 4.99 Å². The Hall–Kier alpha value is -3.00. The second-order valence-electron chi connectivity index (χ2n) is 6.44. The Bertz CT molecular complexity index is 907. The van der Waals surface area contributed by atoms with Gasteiger partial charge in [-0.2, -0.15) is 9.97 Å². The molecule has 1 aromatic carbocycles. The van der Waals surface area contributed by atoms with E-state index in [1.54, 1.807) is 22.1 Å². The van der Waals surface area contributed by atoms with Gasteiger partial charge in [0.25, 0.3) is 5.95 Å². The zero-order valence-electron chi connectivity index (χ0n) is 15.8. The summed E-state index contributed by atoms with van der Waals surface area (Å²) in [6.45, 7) is 2.70. The summed E-state index contributed by atoms with van der Waals surface area (Å²) in [5.74, 6) is 0.659. The second kappa shape index (κ2) is 8.59. The van der Waals surface area contributed by atoms with Crippen LogP contribution in [0.25, 0.3) is 11.2 Å². The molecule has 0 saturated carbocycles. The molecule has 0 aliphatic carbocycles. The smallest absolute Gasteiger partial charge is 0.256 e. The van der Waals surface area contributed by atoms with E-state index in [0.29, 0.717) is 36.6 Å². The molecule has 0 amide bonds. The fraction of sp³-hybridized carbons (Fsp3) is 0.368. The van der Waals surface area contributed by atoms with Crippen molar-refractivity contribution in [3.8, 4) is 5.88 Å². The van der Waals surface area contributed by atoms with Gasteiger partial charge in [-0.3, -0.25) is 0 Å². The number of hydrogen-bond donors (Lipinski definition) is 1. The number of rotatable bonds is 8. The first-order valence-electron chi connectivity index (χ1n) is 8.85. The van der Waals surface area contributed by atoms with E-state index in [2.05, 4.69) is 19.9 Å². The number of benzene rings is 1. The molecule has 3 aromatic rings. The van der Waals surface area contributed by atoms with Crippen molar-refractivity contribution in [1.29, 1.82) is 0 Å². The lowest BCUT2D eigenvalue weighted by molar-refractivity contribution is 0.151. The monoisotopic (exact) mass is 368 g/mol. The van der Waals surface area contributed by atoms with E-state index >= 15 is 0 Å². The molecule has 0 spiro atoms. The molecule has 0 bridgehead atoms. The summed E-state index contributed by atoms with van der Waals surface area (Å²) in [7, 11) is 3.74. The van der Waals surface area contributed by atoms with Crippen LogP contribution in [0, 0.1) is 0 Å². The molecule has 1 N–H and O–H groups in total. The number of aromatic nitrogens is 4. The number of imidazole rings is 1. The summed E-state index contributed by atoms with van der Waals surface area (Å²) in [6, 6.07) is 9.85. The van der Waals surface area contributed by atoms with E-state index in [1.165, 1.54) is 0 Å². The maximum atomic E-state index is 10.00. The van der Waals surface area contributed by atoms with Gasteiger partial charge in [0.1, 0.15) is 6.61 Å². The Morgan fingerprint density at radius 2 is 2.04 bits per heavy atom. The van der Waals surface area contributed by atoms with E-state index in [0.717, 1.165) is 5.56 Å². The molecule has 0 aliphatic rings. The molecule has 3 rings (SSSR count). The van der Waals surface area contributed by atoms with E-state index in [9.17, 15) is 5.11 Å². The van der Waals surface area contributed by atoms with Gasteiger partial charge in [-0.1, -0.05) is 37.3 Å². The summed E-state index contributed by atoms with van der Waals surface area (Å²) >= 11 is 0. The molecule has 0 radical (unpaired) electrons. The number of aliphatic hydroxyl groups excluding tert-OH is 1. The number of aliphatic hydroxyl groups is 1. The molecule has 0 saturated heterocycles. The first-order chi connectivity index (χ1) is 13.1. The minimum absolute atomic E-state index is 0.284. The number of nitrogens with zero attached hydrogens (tertiary/aromatic N) is 6. The van der Waals surface area contributed by atoms with Crippen molar-refractivity contribution in [1.82, 2.24) is 24.4 Å². The first-order valence-corrected chi connectivity index (χ1v) is 8.85. The number of fused-ring (bicyclic) bond motifs is 1. The van der Waals surface area contributed by atoms with Gasteiger partial charge in [-0.15, -0.1) is 0 Å². The molecule has 0 fully saturated rings. The SMILES string of the molecule is CC[C@@H](O)Cn1cnc2c(OCc3ccccc3)nc(N=CN(C)C)nc21. The Balaban J connectivity index is 1.96. The normalized spacial score (nSPS) is 12.6. The maximum absolute atomic E-state index is 10.00. The van der Waals surface area contributed by atoms with Crippen molar-refractivity contribution in [3.05, 3.63) is 42.2 Å². The van der Waals surface area contributed by atoms with Crippen LogP contribution in [0.1, 0.15) is 18.9 Å². The molecular weight excluding hydrogens is 344 g/mol. The van der Waals surface area contributed by atoms with Crippen molar-refractivity contribution in [3.63, 3.8) is 0 Å². The van der Waals surface area contributed by atoms with Crippen LogP contribution in [-0.4, -0.2) is 56.1 Å². The third-order valence-electron chi connectivity index (χ3n) is 3.92. The lowest BCUT2D eigenvalue weighted by Gasteiger charge is -2.10. The number of aliphatic imine (C=N–C) groups is 1. The molecular formula is C19H24N6O2. The molecule has 8 heteroatoms. The summed E-state index contributed by atoms with van der Waals surface area (Å²) in [6.07, 6.45) is 3.45. The third kappa shape index (κ3) is 4.79. The number of hydrogen-bond acceptors (Lipinski definition) is 6. The average Bonchev–Trinajstić information content (AvgIpc) is 3.08. The van der Waals surface area contributed by atoms with Crippen molar-refractivity contribution < 1.29 is 9.84 Å². The molecule has 27 heavy (non-hydrogen) atoms. The Labute approximate surface area is 158 Å². The Morgan fingerprint density at radius 3 is 2.74 bits per heavy atom.